The molecule has 0 bridgehead atoms. The summed E-state index contributed by atoms with van der Waals surface area (Å²) in [6.45, 7) is 8.30. The van der Waals surface area contributed by atoms with Gasteiger partial charge in [-0.05, 0) is 53.1 Å². The number of hydrogen-bond donors (Lipinski definition) is 4. The van der Waals surface area contributed by atoms with Crippen LogP contribution in [-0.4, -0.2) is 46.0 Å². The standard InChI is InChI=1S/C15H36N2O6P2S2/c1-14(2,12-22-24(16,18)19)6-10-26-8-5-9-27-11-7-15(3,4)13-23-25(17,20)21/h5-13H2,1-4H3,(H3,16,18,19)(H3,17,20,21). The normalized spacial score (nSPS) is 17.5. The Morgan fingerprint density at radius 2 is 1.11 bits per heavy atom. The summed E-state index contributed by atoms with van der Waals surface area (Å²) in [5.74, 6) is 4.05. The van der Waals surface area contributed by atoms with Crippen LogP contribution in [0.3, 0.4) is 0 Å². The molecule has 0 aliphatic rings. The molecule has 0 amide bonds. The summed E-state index contributed by atoms with van der Waals surface area (Å²) in [6.07, 6.45) is 2.87. The van der Waals surface area contributed by atoms with Gasteiger partial charge in [-0.15, -0.1) is 0 Å². The maximum atomic E-state index is 11.0. The SMILES string of the molecule is CC(C)(CCSCCCSCCC(C)(C)COP(N)(=O)O)COP(N)(=O)O. The van der Waals surface area contributed by atoms with Crippen molar-refractivity contribution in [1.82, 2.24) is 0 Å². The minimum Gasteiger partial charge on any atom is -0.313 e. The first kappa shape index (κ1) is 27.9. The van der Waals surface area contributed by atoms with E-state index in [9.17, 15) is 9.13 Å². The van der Waals surface area contributed by atoms with E-state index in [0.29, 0.717) is 0 Å². The van der Waals surface area contributed by atoms with Gasteiger partial charge in [-0.1, -0.05) is 27.7 Å². The van der Waals surface area contributed by atoms with E-state index >= 15 is 0 Å². The van der Waals surface area contributed by atoms with E-state index in [0.717, 1.165) is 42.3 Å². The summed E-state index contributed by atoms with van der Waals surface area (Å²) >= 11 is 3.73. The van der Waals surface area contributed by atoms with E-state index in [-0.39, 0.29) is 24.0 Å². The summed E-state index contributed by atoms with van der Waals surface area (Å²) in [5, 5.41) is 0. The first-order valence-electron chi connectivity index (χ1n) is 8.79. The first-order chi connectivity index (χ1) is 12.1. The van der Waals surface area contributed by atoms with Gasteiger partial charge in [0.05, 0.1) is 13.2 Å². The lowest BCUT2D eigenvalue weighted by Crippen LogP contribution is -2.20. The quantitative estimate of drug-likeness (QED) is 0.196. The van der Waals surface area contributed by atoms with Crippen molar-refractivity contribution in [2.24, 2.45) is 21.8 Å². The molecule has 0 aromatic heterocycles. The van der Waals surface area contributed by atoms with Crippen LogP contribution in [0.5, 0.6) is 0 Å². The highest BCUT2D eigenvalue weighted by Gasteiger charge is 2.23. The van der Waals surface area contributed by atoms with E-state index < -0.39 is 15.5 Å². The maximum Gasteiger partial charge on any atom is 0.400 e. The van der Waals surface area contributed by atoms with Crippen molar-refractivity contribution < 1.29 is 28.0 Å². The van der Waals surface area contributed by atoms with E-state index in [1.165, 1.54) is 0 Å². The van der Waals surface area contributed by atoms with Crippen LogP contribution in [0.1, 0.15) is 47.0 Å². The van der Waals surface area contributed by atoms with Gasteiger partial charge >= 0.3 is 15.5 Å². The molecule has 2 atom stereocenters. The Morgan fingerprint density at radius 3 is 1.41 bits per heavy atom. The summed E-state index contributed by atoms with van der Waals surface area (Å²) in [7, 11) is -7.80. The molecule has 0 aliphatic carbocycles. The fraction of sp³-hybridized carbons (Fsp3) is 1.00. The monoisotopic (exact) mass is 466 g/mol. The van der Waals surface area contributed by atoms with Gasteiger partial charge in [0.15, 0.2) is 0 Å². The van der Waals surface area contributed by atoms with Crippen LogP contribution >= 0.6 is 39.0 Å². The van der Waals surface area contributed by atoms with Crippen molar-refractivity contribution >= 4 is 39.0 Å². The first-order valence-corrected chi connectivity index (χ1v) is 14.4. The van der Waals surface area contributed by atoms with Gasteiger partial charge in [0.2, 0.25) is 0 Å². The molecular weight excluding hydrogens is 430 g/mol. The van der Waals surface area contributed by atoms with Gasteiger partial charge in [0.25, 0.3) is 0 Å². The third-order valence-electron chi connectivity index (χ3n) is 3.70. The van der Waals surface area contributed by atoms with Crippen LogP contribution in [0, 0.1) is 10.8 Å². The second kappa shape index (κ2) is 12.6. The highest BCUT2D eigenvalue weighted by Crippen LogP contribution is 2.36. The predicted octanol–water partition coefficient (Wildman–Crippen LogP) is 3.83. The molecule has 0 rings (SSSR count). The minimum absolute atomic E-state index is 0.170. The molecule has 0 saturated carbocycles. The van der Waals surface area contributed by atoms with Gasteiger partial charge in [-0.25, -0.2) is 20.1 Å². The summed E-state index contributed by atoms with van der Waals surface area (Å²) in [4.78, 5) is 18.0. The summed E-state index contributed by atoms with van der Waals surface area (Å²) in [5.41, 5.74) is 9.60. The van der Waals surface area contributed by atoms with Crippen molar-refractivity contribution in [2.75, 3.05) is 36.2 Å². The Morgan fingerprint density at radius 1 is 0.778 bits per heavy atom. The molecule has 0 spiro atoms. The van der Waals surface area contributed by atoms with Gasteiger partial charge < -0.3 is 9.79 Å². The van der Waals surface area contributed by atoms with Crippen LogP contribution in [0.25, 0.3) is 0 Å². The third kappa shape index (κ3) is 20.0. The fourth-order valence-electron chi connectivity index (χ4n) is 1.84. The molecule has 0 aromatic rings. The average molecular weight is 467 g/mol. The zero-order valence-corrected chi connectivity index (χ0v) is 20.2. The molecule has 0 aromatic carbocycles. The van der Waals surface area contributed by atoms with Gasteiger partial charge in [0, 0.05) is 0 Å². The molecule has 0 fully saturated rings. The smallest absolute Gasteiger partial charge is 0.313 e. The van der Waals surface area contributed by atoms with Gasteiger partial charge in [-0.2, -0.15) is 23.5 Å². The Hall–Kier alpha value is 0.920. The van der Waals surface area contributed by atoms with Crippen molar-refractivity contribution in [3.05, 3.63) is 0 Å². The highest BCUT2D eigenvalue weighted by molar-refractivity contribution is 8.00. The highest BCUT2D eigenvalue weighted by atomic mass is 32.2. The Labute approximate surface area is 172 Å². The second-order valence-corrected chi connectivity index (χ2v) is 13.3. The molecule has 0 radical (unpaired) electrons. The number of thioether (sulfide) groups is 2. The molecule has 164 valence electrons. The molecule has 0 heterocycles. The number of rotatable bonds is 16. The van der Waals surface area contributed by atoms with Gasteiger partial charge in [0.1, 0.15) is 0 Å². The third-order valence-corrected chi connectivity index (χ3v) is 6.84. The molecule has 0 aliphatic heterocycles. The van der Waals surface area contributed by atoms with E-state index in [2.05, 4.69) is 0 Å². The van der Waals surface area contributed by atoms with Crippen LogP contribution in [-0.2, 0) is 18.2 Å². The average Bonchev–Trinajstić information content (AvgIpc) is 2.48. The van der Waals surface area contributed by atoms with Gasteiger partial charge in [-0.3, -0.25) is 9.05 Å². The lowest BCUT2D eigenvalue weighted by Gasteiger charge is -2.24. The predicted molar refractivity (Wildman–Crippen MR) is 116 cm³/mol. The summed E-state index contributed by atoms with van der Waals surface area (Å²) in [6, 6.07) is 0. The Kier molecular flexibility index (Phi) is 13.0. The van der Waals surface area contributed by atoms with Crippen LogP contribution in [0.4, 0.5) is 0 Å². The Balaban J connectivity index is 3.67. The fourth-order valence-corrected chi connectivity index (χ4v) is 5.59. The molecule has 6 N–H and O–H groups in total. The van der Waals surface area contributed by atoms with Crippen molar-refractivity contribution in [3.63, 3.8) is 0 Å². The zero-order valence-electron chi connectivity index (χ0n) is 16.8. The zero-order chi connectivity index (χ0) is 21.2. The molecule has 2 unspecified atom stereocenters. The number of nitrogens with two attached hydrogens (primary N) is 2. The molecular formula is C15H36N2O6P2S2. The molecule has 0 saturated heterocycles. The van der Waals surface area contributed by atoms with E-state index in [4.69, 9.17) is 29.8 Å². The maximum absolute atomic E-state index is 11.0. The second-order valence-electron chi connectivity index (χ2n) is 8.08. The van der Waals surface area contributed by atoms with Crippen LogP contribution in [0.15, 0.2) is 0 Å². The molecule has 12 heteroatoms. The van der Waals surface area contributed by atoms with Crippen LogP contribution in [0.2, 0.25) is 0 Å². The van der Waals surface area contributed by atoms with Crippen molar-refractivity contribution in [2.45, 2.75) is 47.0 Å². The molecule has 8 nitrogen and oxygen atoms in total. The van der Waals surface area contributed by atoms with Crippen LogP contribution < -0.4 is 11.0 Å². The molecule has 27 heavy (non-hydrogen) atoms. The summed E-state index contributed by atoms with van der Waals surface area (Å²) < 4.78 is 31.6. The van der Waals surface area contributed by atoms with Crippen molar-refractivity contribution in [3.8, 4) is 0 Å². The largest absolute Gasteiger partial charge is 0.400 e. The minimum atomic E-state index is -3.90. The lowest BCUT2D eigenvalue weighted by molar-refractivity contribution is 0.157. The van der Waals surface area contributed by atoms with E-state index in [1.807, 2.05) is 51.2 Å². The lowest BCUT2D eigenvalue weighted by atomic mass is 9.92. The Bertz CT molecular complexity index is 467. The van der Waals surface area contributed by atoms with E-state index in [1.54, 1.807) is 0 Å². The number of hydrogen-bond acceptors (Lipinski definition) is 6. The van der Waals surface area contributed by atoms with Crippen molar-refractivity contribution in [1.29, 1.82) is 0 Å². The topological polar surface area (TPSA) is 145 Å².